The number of halogens is 4. The van der Waals surface area contributed by atoms with Gasteiger partial charge in [0.25, 0.3) is 0 Å². The minimum absolute atomic E-state index is 0.0703. The second kappa shape index (κ2) is 10.6. The third kappa shape index (κ3) is 6.35. The molecule has 1 saturated heterocycles. The molecule has 35 heavy (non-hydrogen) atoms. The van der Waals surface area contributed by atoms with E-state index in [0.717, 1.165) is 18.3 Å². The summed E-state index contributed by atoms with van der Waals surface area (Å²) in [5.41, 5.74) is 2.42. The summed E-state index contributed by atoms with van der Waals surface area (Å²) < 4.78 is 58.1. The second-order valence-electron chi connectivity index (χ2n) is 7.58. The zero-order valence-corrected chi connectivity index (χ0v) is 18.3. The first-order valence-corrected chi connectivity index (χ1v) is 10.6. The largest absolute Gasteiger partial charge is 0.416 e. The number of aromatic nitrogens is 3. The number of carbonyl (C=O) groups excluding carboxylic acids is 1. The van der Waals surface area contributed by atoms with E-state index < -0.39 is 23.3 Å². The number of Topliss-reactive ketones (excluding diaryl/α,β-unsaturated/α-hetero) is 1. The number of morpholine rings is 1. The standard InChI is InChI=1S/C23H20F4N6O2/c24-18-14-28-22(31-21(18)33-7-9-35-10-8-33)32-29-13-17-5-2-6-19(30-17)20(34)12-15-3-1-4-16(11-15)23(25,26)27/h1-6,11,13-14H,7-10,12H2,(H,28,31,32)/b29-13+. The quantitative estimate of drug-likeness (QED) is 0.234. The molecule has 0 spiro atoms. The molecule has 1 fully saturated rings. The fourth-order valence-electron chi connectivity index (χ4n) is 3.38. The fourth-order valence-corrected chi connectivity index (χ4v) is 3.38. The van der Waals surface area contributed by atoms with Crippen LogP contribution in [0.15, 0.2) is 53.8 Å². The van der Waals surface area contributed by atoms with Crippen molar-refractivity contribution in [3.8, 4) is 0 Å². The van der Waals surface area contributed by atoms with E-state index in [4.69, 9.17) is 4.74 Å². The molecular weight excluding hydrogens is 468 g/mol. The number of nitrogens with zero attached hydrogens (tertiary/aromatic N) is 5. The molecule has 0 aliphatic carbocycles. The monoisotopic (exact) mass is 488 g/mol. The molecule has 1 N–H and O–H groups in total. The van der Waals surface area contributed by atoms with Gasteiger partial charge in [0, 0.05) is 19.5 Å². The lowest BCUT2D eigenvalue weighted by molar-refractivity contribution is -0.137. The summed E-state index contributed by atoms with van der Waals surface area (Å²) in [6.45, 7) is 1.95. The Morgan fingerprint density at radius 2 is 1.91 bits per heavy atom. The molecule has 0 bridgehead atoms. The third-order valence-electron chi connectivity index (χ3n) is 5.07. The van der Waals surface area contributed by atoms with Gasteiger partial charge in [0.1, 0.15) is 5.69 Å². The second-order valence-corrected chi connectivity index (χ2v) is 7.58. The minimum Gasteiger partial charge on any atom is -0.378 e. The fraction of sp³-hybridized carbons (Fsp3) is 0.261. The number of benzene rings is 1. The molecule has 1 aliphatic rings. The number of carbonyl (C=O) groups is 1. The number of alkyl halides is 3. The maximum atomic E-state index is 14.1. The predicted molar refractivity (Wildman–Crippen MR) is 120 cm³/mol. The van der Waals surface area contributed by atoms with E-state index in [1.807, 2.05) is 0 Å². The third-order valence-corrected chi connectivity index (χ3v) is 5.07. The van der Waals surface area contributed by atoms with Gasteiger partial charge in [-0.25, -0.2) is 19.8 Å². The summed E-state index contributed by atoms with van der Waals surface area (Å²) in [6, 6.07) is 9.26. The normalized spacial score (nSPS) is 14.3. The molecule has 3 heterocycles. The Morgan fingerprint density at radius 3 is 2.69 bits per heavy atom. The van der Waals surface area contributed by atoms with Crippen molar-refractivity contribution in [2.75, 3.05) is 36.6 Å². The summed E-state index contributed by atoms with van der Waals surface area (Å²) in [7, 11) is 0. The highest BCUT2D eigenvalue weighted by atomic mass is 19.4. The highest BCUT2D eigenvalue weighted by Gasteiger charge is 2.30. The number of rotatable bonds is 7. The van der Waals surface area contributed by atoms with Crippen molar-refractivity contribution in [1.82, 2.24) is 15.0 Å². The average molecular weight is 488 g/mol. The summed E-state index contributed by atoms with van der Waals surface area (Å²) in [6.07, 6.45) is -2.36. The number of nitrogens with one attached hydrogen (secondary N) is 1. The van der Waals surface area contributed by atoms with Crippen LogP contribution in [0, 0.1) is 5.82 Å². The predicted octanol–water partition coefficient (Wildman–Crippen LogP) is 3.74. The smallest absolute Gasteiger partial charge is 0.378 e. The van der Waals surface area contributed by atoms with Crippen molar-refractivity contribution in [2.24, 2.45) is 5.10 Å². The van der Waals surface area contributed by atoms with E-state index in [2.05, 4.69) is 25.5 Å². The number of ketones is 1. The highest BCUT2D eigenvalue weighted by Crippen LogP contribution is 2.29. The molecule has 0 radical (unpaired) electrons. The lowest BCUT2D eigenvalue weighted by Crippen LogP contribution is -2.37. The Bertz CT molecular complexity index is 1230. The number of hydrogen-bond acceptors (Lipinski definition) is 8. The first-order chi connectivity index (χ1) is 16.8. The molecule has 0 amide bonds. The van der Waals surface area contributed by atoms with Crippen LogP contribution in [0.1, 0.15) is 27.3 Å². The molecule has 2 aromatic heterocycles. The van der Waals surface area contributed by atoms with Crippen molar-refractivity contribution >= 4 is 23.8 Å². The van der Waals surface area contributed by atoms with E-state index in [1.165, 1.54) is 24.4 Å². The van der Waals surface area contributed by atoms with Crippen molar-refractivity contribution in [1.29, 1.82) is 0 Å². The topological polar surface area (TPSA) is 92.6 Å². The van der Waals surface area contributed by atoms with Crippen LogP contribution in [-0.2, 0) is 17.3 Å². The maximum absolute atomic E-state index is 14.1. The Morgan fingerprint density at radius 1 is 1.14 bits per heavy atom. The van der Waals surface area contributed by atoms with Gasteiger partial charge in [-0.3, -0.25) is 4.79 Å². The Balaban J connectivity index is 1.41. The van der Waals surface area contributed by atoms with E-state index >= 15 is 0 Å². The molecule has 4 rings (SSSR count). The Kier molecular flexibility index (Phi) is 7.30. The van der Waals surface area contributed by atoms with Crippen molar-refractivity contribution < 1.29 is 27.1 Å². The lowest BCUT2D eigenvalue weighted by atomic mass is 10.0. The molecule has 8 nitrogen and oxygen atoms in total. The molecule has 3 aromatic rings. The summed E-state index contributed by atoms with van der Waals surface area (Å²) in [5.74, 6) is -0.790. The molecular formula is C23H20F4N6O2. The molecule has 1 aliphatic heterocycles. The summed E-state index contributed by atoms with van der Waals surface area (Å²) >= 11 is 0. The van der Waals surface area contributed by atoms with Crippen LogP contribution >= 0.6 is 0 Å². The SMILES string of the molecule is O=C(Cc1cccc(C(F)(F)F)c1)c1cccc(/C=N/Nc2ncc(F)c(N3CCOCC3)n2)n1. The van der Waals surface area contributed by atoms with Gasteiger partial charge in [-0.2, -0.15) is 23.3 Å². The van der Waals surface area contributed by atoms with E-state index in [1.54, 1.807) is 17.0 Å². The highest BCUT2D eigenvalue weighted by molar-refractivity contribution is 5.96. The van der Waals surface area contributed by atoms with Gasteiger partial charge in [0.2, 0.25) is 5.95 Å². The number of pyridine rings is 1. The van der Waals surface area contributed by atoms with Gasteiger partial charge in [0.15, 0.2) is 17.4 Å². The number of hydrazone groups is 1. The van der Waals surface area contributed by atoms with Gasteiger partial charge in [-0.1, -0.05) is 24.3 Å². The van der Waals surface area contributed by atoms with Crippen molar-refractivity contribution in [2.45, 2.75) is 12.6 Å². The van der Waals surface area contributed by atoms with Crippen LogP contribution in [0.2, 0.25) is 0 Å². The van der Waals surface area contributed by atoms with Gasteiger partial charge in [-0.15, -0.1) is 0 Å². The Labute approximate surface area is 197 Å². The zero-order chi connectivity index (χ0) is 24.8. The van der Waals surface area contributed by atoms with Gasteiger partial charge in [-0.05, 0) is 23.8 Å². The van der Waals surface area contributed by atoms with Crippen LogP contribution < -0.4 is 10.3 Å². The molecule has 182 valence electrons. The average Bonchev–Trinajstić information content (AvgIpc) is 2.85. The van der Waals surface area contributed by atoms with E-state index in [-0.39, 0.29) is 29.4 Å². The van der Waals surface area contributed by atoms with Crippen LogP contribution in [0.25, 0.3) is 0 Å². The lowest BCUT2D eigenvalue weighted by Gasteiger charge is -2.27. The first kappa shape index (κ1) is 24.2. The van der Waals surface area contributed by atoms with Crippen molar-refractivity contribution in [3.05, 3.63) is 77.0 Å². The van der Waals surface area contributed by atoms with Crippen molar-refractivity contribution in [3.63, 3.8) is 0 Å². The number of hydrogen-bond donors (Lipinski definition) is 1. The zero-order valence-electron chi connectivity index (χ0n) is 18.3. The van der Waals surface area contributed by atoms with Gasteiger partial charge < -0.3 is 9.64 Å². The van der Waals surface area contributed by atoms with Crippen LogP contribution in [-0.4, -0.2) is 53.3 Å². The van der Waals surface area contributed by atoms with Crippen LogP contribution in [0.5, 0.6) is 0 Å². The van der Waals surface area contributed by atoms with Crippen LogP contribution in [0.3, 0.4) is 0 Å². The minimum atomic E-state index is -4.49. The summed E-state index contributed by atoms with van der Waals surface area (Å²) in [5, 5.41) is 3.99. The maximum Gasteiger partial charge on any atom is 0.416 e. The first-order valence-electron chi connectivity index (χ1n) is 10.6. The van der Waals surface area contributed by atoms with Gasteiger partial charge >= 0.3 is 6.18 Å². The Hall–Kier alpha value is -3.93. The number of anilines is 2. The molecule has 1 aromatic carbocycles. The molecule has 0 saturated carbocycles. The summed E-state index contributed by atoms with van der Waals surface area (Å²) in [4.78, 5) is 26.5. The van der Waals surface area contributed by atoms with Gasteiger partial charge in [0.05, 0.1) is 36.9 Å². The van der Waals surface area contributed by atoms with Crippen LogP contribution in [0.4, 0.5) is 29.3 Å². The van der Waals surface area contributed by atoms with E-state index in [0.29, 0.717) is 32.0 Å². The molecule has 0 unspecified atom stereocenters. The van der Waals surface area contributed by atoms with E-state index in [9.17, 15) is 22.4 Å². The number of ether oxygens (including phenoxy) is 1. The molecule has 12 heteroatoms. The molecule has 0 atom stereocenters.